The van der Waals surface area contributed by atoms with Gasteiger partial charge in [-0.2, -0.15) is 18.3 Å². The second kappa shape index (κ2) is 11.4. The van der Waals surface area contributed by atoms with Gasteiger partial charge in [0.05, 0.1) is 22.4 Å². The largest absolute Gasteiger partial charge is 0.801 e. The van der Waals surface area contributed by atoms with E-state index in [9.17, 15) is 0 Å². The highest BCUT2D eigenvalue weighted by atomic mass is 28.4. The maximum Gasteiger partial charge on any atom is 0.801 e. The van der Waals surface area contributed by atoms with Crippen LogP contribution in [0.15, 0.2) is 0 Å². The molecule has 0 aromatic rings. The van der Waals surface area contributed by atoms with Gasteiger partial charge in [0.25, 0.3) is 0 Å². The lowest BCUT2D eigenvalue weighted by molar-refractivity contribution is -0.619. The first-order valence-electron chi connectivity index (χ1n) is 8.97. The Labute approximate surface area is 173 Å². The van der Waals surface area contributed by atoms with Crippen molar-refractivity contribution in [3.05, 3.63) is 0 Å². The van der Waals surface area contributed by atoms with Gasteiger partial charge in [-0.05, 0) is 83.1 Å². The highest BCUT2D eigenvalue weighted by Gasteiger charge is 2.58. The zero-order valence-electron chi connectivity index (χ0n) is 19.4. The molecule has 0 heterocycles. The van der Waals surface area contributed by atoms with Crippen molar-refractivity contribution < 1.29 is 58.0 Å². The van der Waals surface area contributed by atoms with E-state index >= 15 is 0 Å². The van der Waals surface area contributed by atoms with Gasteiger partial charge in [-0.1, -0.05) is 20.2 Å². The zero-order valence-corrected chi connectivity index (χ0v) is 20.4. The molecule has 0 N–H and O–H groups in total. The topological polar surface area (TPSA) is 111 Å². The van der Waals surface area contributed by atoms with Gasteiger partial charge in [-0.15, -0.1) is 0 Å². The molecule has 0 aliphatic heterocycles. The second-order valence-corrected chi connectivity index (χ2v) is 11.6. The minimum atomic E-state index is -4.58. The monoisotopic (exact) mass is 448 g/mol. The summed E-state index contributed by atoms with van der Waals surface area (Å²) < 4.78 is 19.9. The molecule has 0 saturated heterocycles. The molecule has 0 saturated carbocycles. The summed E-state index contributed by atoms with van der Waals surface area (Å²) >= 11 is 0. The highest BCUT2D eigenvalue weighted by molar-refractivity contribution is 6.52. The van der Waals surface area contributed by atoms with Crippen LogP contribution in [0.4, 0.5) is 0 Å². The van der Waals surface area contributed by atoms with Gasteiger partial charge < -0.3 is 0 Å². The molecule has 0 amide bonds. The molecule has 0 atom stereocenters. The molecule has 13 heteroatoms. The third kappa shape index (κ3) is 18.2. The van der Waals surface area contributed by atoms with Gasteiger partial charge >= 0.3 is 9.05 Å². The lowest BCUT2D eigenvalue weighted by Crippen LogP contribution is -2.50. The van der Waals surface area contributed by atoms with Gasteiger partial charge in [-0.3, -0.25) is 0 Å². The molecule has 0 aromatic carbocycles. The Hall–Kier alpha value is -0.263. The molecule has 0 aliphatic rings. The summed E-state index contributed by atoms with van der Waals surface area (Å²) in [7, 11) is -4.58. The van der Waals surface area contributed by atoms with Crippen LogP contribution in [-0.2, 0) is 58.0 Å². The van der Waals surface area contributed by atoms with Gasteiger partial charge in [0, 0.05) is 0 Å². The second-order valence-electron chi connectivity index (χ2n) is 9.89. The van der Waals surface area contributed by atoms with Crippen molar-refractivity contribution in [2.24, 2.45) is 0 Å². The van der Waals surface area contributed by atoms with Crippen molar-refractivity contribution in [2.75, 3.05) is 0 Å². The standard InChI is InChI=1S/C16H36O12Si/c1-13(2,3)17-21-25-29(26-22-18-14(4,5)6,27-23-19-15(7,8)9)28-24-20-16(10,11)12/h1-12H3. The lowest BCUT2D eigenvalue weighted by atomic mass is 10.2. The molecular formula is C16H36O12Si. The molecule has 0 radical (unpaired) electrons. The SMILES string of the molecule is CC(C)(C)OOO[Si](OOOC(C)(C)C)(OOOC(C)(C)C)OOOC(C)(C)C. The first kappa shape index (κ1) is 28.7. The van der Waals surface area contributed by atoms with Crippen LogP contribution in [0.2, 0.25) is 0 Å². The summed E-state index contributed by atoms with van der Waals surface area (Å²) in [6.07, 6.45) is 0. The number of hydrogen-bond donors (Lipinski definition) is 0. The molecule has 0 spiro atoms. The van der Waals surface area contributed by atoms with E-state index in [1.807, 2.05) is 0 Å². The lowest BCUT2D eigenvalue weighted by Gasteiger charge is -2.26. The van der Waals surface area contributed by atoms with Gasteiger partial charge in [0.2, 0.25) is 0 Å². The van der Waals surface area contributed by atoms with E-state index < -0.39 is 31.5 Å². The van der Waals surface area contributed by atoms with Crippen molar-refractivity contribution in [1.29, 1.82) is 0 Å². The van der Waals surface area contributed by atoms with E-state index in [4.69, 9.17) is 58.0 Å². The maximum atomic E-state index is 5.01. The van der Waals surface area contributed by atoms with E-state index in [1.165, 1.54) is 0 Å². The average Bonchev–Trinajstić information content (AvgIpc) is 2.41. The number of rotatable bonds is 12. The third-order valence-electron chi connectivity index (χ3n) is 1.68. The third-order valence-corrected chi connectivity index (χ3v) is 2.77. The summed E-state index contributed by atoms with van der Waals surface area (Å²) in [6.45, 7) is 20.5. The Morgan fingerprint density at radius 2 is 0.517 bits per heavy atom. The van der Waals surface area contributed by atoms with Crippen LogP contribution in [0.25, 0.3) is 0 Å². The number of hydrogen-bond acceptors (Lipinski definition) is 12. The summed E-state index contributed by atoms with van der Waals surface area (Å²) in [5.74, 6) is 0. The Morgan fingerprint density at radius 3 is 0.655 bits per heavy atom. The molecule has 176 valence electrons. The minimum absolute atomic E-state index is 0.742. The summed E-state index contributed by atoms with van der Waals surface area (Å²) in [6, 6.07) is 0. The van der Waals surface area contributed by atoms with Crippen molar-refractivity contribution in [1.82, 2.24) is 0 Å². The van der Waals surface area contributed by atoms with E-state index in [1.54, 1.807) is 83.1 Å². The molecule has 0 unspecified atom stereocenters. The van der Waals surface area contributed by atoms with E-state index in [-0.39, 0.29) is 0 Å². The van der Waals surface area contributed by atoms with Crippen LogP contribution < -0.4 is 0 Å². The highest BCUT2D eigenvalue weighted by Crippen LogP contribution is 2.21. The average molecular weight is 449 g/mol. The predicted octanol–water partition coefficient (Wildman–Crippen LogP) is 4.14. The van der Waals surface area contributed by atoms with Crippen LogP contribution in [0.5, 0.6) is 0 Å². The first-order chi connectivity index (χ1) is 12.8. The molecular weight excluding hydrogens is 412 g/mol. The van der Waals surface area contributed by atoms with Crippen LogP contribution in [-0.4, -0.2) is 31.5 Å². The fourth-order valence-corrected chi connectivity index (χ4v) is 1.36. The first-order valence-corrected chi connectivity index (χ1v) is 10.6. The molecule has 29 heavy (non-hydrogen) atoms. The fraction of sp³-hybridized carbons (Fsp3) is 1.00. The van der Waals surface area contributed by atoms with Crippen molar-refractivity contribution in [2.45, 2.75) is 105 Å². The summed E-state index contributed by atoms with van der Waals surface area (Å²) in [5.41, 5.74) is -2.97. The van der Waals surface area contributed by atoms with E-state index in [2.05, 4.69) is 0 Å². The Morgan fingerprint density at radius 1 is 0.345 bits per heavy atom. The van der Waals surface area contributed by atoms with Crippen molar-refractivity contribution in [3.8, 4) is 0 Å². The van der Waals surface area contributed by atoms with Crippen molar-refractivity contribution >= 4 is 9.05 Å². The zero-order chi connectivity index (χ0) is 23.0. The Bertz CT molecular complexity index is 361. The van der Waals surface area contributed by atoms with Crippen LogP contribution in [0.3, 0.4) is 0 Å². The van der Waals surface area contributed by atoms with Crippen LogP contribution in [0, 0.1) is 0 Å². The Balaban J connectivity index is 5.26. The molecule has 12 nitrogen and oxygen atoms in total. The van der Waals surface area contributed by atoms with Gasteiger partial charge in [0.1, 0.15) is 0 Å². The quantitative estimate of drug-likeness (QED) is 0.243. The van der Waals surface area contributed by atoms with E-state index in [0.717, 1.165) is 0 Å². The normalized spacial score (nSPS) is 14.5. The van der Waals surface area contributed by atoms with Crippen LogP contribution >= 0.6 is 0 Å². The molecule has 0 fully saturated rings. The maximum absolute atomic E-state index is 5.01. The minimum Gasteiger partial charge on any atom is -0.201 e. The molecule has 0 rings (SSSR count). The summed E-state index contributed by atoms with van der Waals surface area (Å²) in [5, 5.41) is 18.8. The molecule has 0 aliphatic carbocycles. The smallest absolute Gasteiger partial charge is 0.201 e. The Kier molecular flexibility index (Phi) is 11.3. The fourth-order valence-electron chi connectivity index (χ4n) is 0.726. The summed E-state index contributed by atoms with van der Waals surface area (Å²) in [4.78, 5) is 20.0. The van der Waals surface area contributed by atoms with Gasteiger partial charge in [-0.25, -0.2) is 19.6 Å². The molecule has 0 aromatic heterocycles. The predicted molar refractivity (Wildman–Crippen MR) is 97.8 cm³/mol. The van der Waals surface area contributed by atoms with Gasteiger partial charge in [0.15, 0.2) is 0 Å². The molecule has 0 bridgehead atoms. The van der Waals surface area contributed by atoms with E-state index in [0.29, 0.717) is 0 Å². The van der Waals surface area contributed by atoms with Crippen LogP contribution in [0.1, 0.15) is 83.1 Å². The van der Waals surface area contributed by atoms with Crippen molar-refractivity contribution in [3.63, 3.8) is 0 Å².